The van der Waals surface area contributed by atoms with E-state index in [0.717, 1.165) is 5.75 Å². The molecule has 0 saturated carbocycles. The summed E-state index contributed by atoms with van der Waals surface area (Å²) in [7, 11) is 7.81. The largest absolute Gasteiger partial charge is 0.497 e. The SMILES string of the molecule is CNC(c1ccc2cc(OC)ccc2c1)N(C)C. The van der Waals surface area contributed by atoms with Crippen molar-refractivity contribution in [1.29, 1.82) is 0 Å². The molecule has 1 unspecified atom stereocenters. The van der Waals surface area contributed by atoms with E-state index < -0.39 is 0 Å². The van der Waals surface area contributed by atoms with Crippen LogP contribution in [0.15, 0.2) is 36.4 Å². The van der Waals surface area contributed by atoms with Gasteiger partial charge < -0.3 is 10.1 Å². The molecule has 0 amide bonds. The van der Waals surface area contributed by atoms with Gasteiger partial charge in [-0.2, -0.15) is 0 Å². The molecular formula is C15H20N2O. The third-order valence-corrected chi connectivity index (χ3v) is 3.18. The highest BCUT2D eigenvalue weighted by Gasteiger charge is 2.11. The van der Waals surface area contributed by atoms with Gasteiger partial charge in [0.1, 0.15) is 5.75 Å². The summed E-state index contributed by atoms with van der Waals surface area (Å²) in [5, 5.41) is 5.74. The van der Waals surface area contributed by atoms with Crippen molar-refractivity contribution in [2.45, 2.75) is 6.17 Å². The van der Waals surface area contributed by atoms with Crippen molar-refractivity contribution in [3.63, 3.8) is 0 Å². The summed E-state index contributed by atoms with van der Waals surface area (Å²) >= 11 is 0. The van der Waals surface area contributed by atoms with E-state index in [-0.39, 0.29) is 6.17 Å². The minimum Gasteiger partial charge on any atom is -0.497 e. The van der Waals surface area contributed by atoms with Gasteiger partial charge in [0.05, 0.1) is 13.3 Å². The summed E-state index contributed by atoms with van der Waals surface area (Å²) in [6, 6.07) is 12.7. The Bertz CT molecular complexity index is 537. The van der Waals surface area contributed by atoms with Crippen molar-refractivity contribution in [1.82, 2.24) is 10.2 Å². The lowest BCUT2D eigenvalue weighted by atomic mass is 10.0. The maximum Gasteiger partial charge on any atom is 0.119 e. The number of benzene rings is 2. The first-order valence-electron chi connectivity index (χ1n) is 6.07. The summed E-state index contributed by atoms with van der Waals surface area (Å²) in [4.78, 5) is 2.16. The topological polar surface area (TPSA) is 24.5 Å². The number of nitrogens with zero attached hydrogens (tertiary/aromatic N) is 1. The second kappa shape index (κ2) is 5.38. The zero-order chi connectivity index (χ0) is 13.1. The van der Waals surface area contributed by atoms with Gasteiger partial charge in [-0.15, -0.1) is 0 Å². The molecule has 0 fully saturated rings. The molecule has 0 spiro atoms. The van der Waals surface area contributed by atoms with Crippen LogP contribution in [0.2, 0.25) is 0 Å². The molecule has 0 radical (unpaired) electrons. The first-order chi connectivity index (χ1) is 8.65. The van der Waals surface area contributed by atoms with Crippen LogP contribution in [0.4, 0.5) is 0 Å². The minimum absolute atomic E-state index is 0.233. The Labute approximate surface area is 108 Å². The summed E-state index contributed by atoms with van der Waals surface area (Å²) in [5.74, 6) is 0.896. The van der Waals surface area contributed by atoms with E-state index in [1.165, 1.54) is 16.3 Å². The van der Waals surface area contributed by atoms with Gasteiger partial charge in [0.25, 0.3) is 0 Å². The minimum atomic E-state index is 0.233. The predicted molar refractivity (Wildman–Crippen MR) is 76.0 cm³/mol. The molecule has 2 rings (SSSR count). The Balaban J connectivity index is 2.44. The van der Waals surface area contributed by atoms with Crippen LogP contribution in [0.3, 0.4) is 0 Å². The molecule has 1 N–H and O–H groups in total. The van der Waals surface area contributed by atoms with Crippen molar-refractivity contribution < 1.29 is 4.74 Å². The number of hydrogen-bond donors (Lipinski definition) is 1. The Morgan fingerprint density at radius 2 is 1.72 bits per heavy atom. The third-order valence-electron chi connectivity index (χ3n) is 3.18. The number of hydrogen-bond acceptors (Lipinski definition) is 3. The van der Waals surface area contributed by atoms with Gasteiger partial charge >= 0.3 is 0 Å². The second-order valence-corrected chi connectivity index (χ2v) is 4.63. The fourth-order valence-electron chi connectivity index (χ4n) is 2.26. The van der Waals surface area contributed by atoms with E-state index >= 15 is 0 Å². The van der Waals surface area contributed by atoms with Gasteiger partial charge in [-0.3, -0.25) is 4.90 Å². The number of methoxy groups -OCH3 is 1. The van der Waals surface area contributed by atoms with Crippen LogP contribution < -0.4 is 10.1 Å². The molecule has 2 aromatic rings. The highest BCUT2D eigenvalue weighted by atomic mass is 16.5. The van der Waals surface area contributed by atoms with Crippen LogP contribution >= 0.6 is 0 Å². The Hall–Kier alpha value is -1.58. The summed E-state index contributed by atoms with van der Waals surface area (Å²) in [6.07, 6.45) is 0.233. The molecule has 96 valence electrons. The maximum atomic E-state index is 5.24. The Morgan fingerprint density at radius 1 is 1.06 bits per heavy atom. The number of rotatable bonds is 4. The molecule has 3 nitrogen and oxygen atoms in total. The monoisotopic (exact) mass is 244 g/mol. The quantitative estimate of drug-likeness (QED) is 0.837. The van der Waals surface area contributed by atoms with Crippen LogP contribution in [0.5, 0.6) is 5.75 Å². The van der Waals surface area contributed by atoms with Crippen molar-refractivity contribution in [3.8, 4) is 5.75 Å². The van der Waals surface area contributed by atoms with E-state index in [1.54, 1.807) is 7.11 Å². The molecular weight excluding hydrogens is 224 g/mol. The number of ether oxygens (including phenoxy) is 1. The first kappa shape index (κ1) is 12.9. The molecule has 1 atom stereocenters. The molecule has 2 aromatic carbocycles. The van der Waals surface area contributed by atoms with E-state index in [2.05, 4.69) is 54.6 Å². The summed E-state index contributed by atoms with van der Waals surface area (Å²) in [6.45, 7) is 0. The van der Waals surface area contributed by atoms with E-state index in [4.69, 9.17) is 4.74 Å². The van der Waals surface area contributed by atoms with Crippen LogP contribution in [-0.4, -0.2) is 33.2 Å². The molecule has 0 aliphatic carbocycles. The number of fused-ring (bicyclic) bond motifs is 1. The summed E-state index contributed by atoms with van der Waals surface area (Å²) in [5.41, 5.74) is 1.26. The molecule has 0 aliphatic rings. The number of nitrogens with one attached hydrogen (secondary N) is 1. The average Bonchev–Trinajstić information content (AvgIpc) is 2.38. The van der Waals surface area contributed by atoms with Crippen LogP contribution in [0.25, 0.3) is 10.8 Å². The van der Waals surface area contributed by atoms with E-state index in [1.807, 2.05) is 13.1 Å². The fraction of sp³-hybridized carbons (Fsp3) is 0.333. The highest BCUT2D eigenvalue weighted by Crippen LogP contribution is 2.24. The normalized spacial score (nSPS) is 12.9. The maximum absolute atomic E-state index is 5.24. The molecule has 0 aliphatic heterocycles. The van der Waals surface area contributed by atoms with Gasteiger partial charge in [-0.1, -0.05) is 18.2 Å². The lowest BCUT2D eigenvalue weighted by molar-refractivity contribution is 0.265. The van der Waals surface area contributed by atoms with E-state index in [0.29, 0.717) is 0 Å². The first-order valence-corrected chi connectivity index (χ1v) is 6.07. The molecule has 18 heavy (non-hydrogen) atoms. The van der Waals surface area contributed by atoms with Crippen molar-refractivity contribution in [2.24, 2.45) is 0 Å². The lowest BCUT2D eigenvalue weighted by Crippen LogP contribution is -2.30. The van der Waals surface area contributed by atoms with Gasteiger partial charge in [0.15, 0.2) is 0 Å². The molecule has 0 aromatic heterocycles. The lowest BCUT2D eigenvalue weighted by Gasteiger charge is -2.24. The van der Waals surface area contributed by atoms with Gasteiger partial charge in [0, 0.05) is 0 Å². The van der Waals surface area contributed by atoms with Crippen LogP contribution in [-0.2, 0) is 0 Å². The standard InChI is InChI=1S/C15H20N2O/c1-16-15(17(2)3)13-6-5-12-10-14(18-4)8-7-11(12)9-13/h5-10,15-16H,1-4H3. The van der Waals surface area contributed by atoms with Crippen molar-refractivity contribution >= 4 is 10.8 Å². The zero-order valence-corrected chi connectivity index (χ0v) is 11.4. The Morgan fingerprint density at radius 3 is 2.33 bits per heavy atom. The van der Waals surface area contributed by atoms with Crippen LogP contribution in [0, 0.1) is 0 Å². The summed E-state index contributed by atoms with van der Waals surface area (Å²) < 4.78 is 5.24. The van der Waals surface area contributed by atoms with Gasteiger partial charge in [-0.05, 0) is 55.7 Å². The molecule has 0 heterocycles. The van der Waals surface area contributed by atoms with E-state index in [9.17, 15) is 0 Å². The fourth-order valence-corrected chi connectivity index (χ4v) is 2.26. The Kier molecular flexibility index (Phi) is 3.84. The average molecular weight is 244 g/mol. The highest BCUT2D eigenvalue weighted by molar-refractivity contribution is 5.84. The zero-order valence-electron chi connectivity index (χ0n) is 11.4. The predicted octanol–water partition coefficient (Wildman–Crippen LogP) is 2.63. The van der Waals surface area contributed by atoms with Crippen molar-refractivity contribution in [3.05, 3.63) is 42.0 Å². The molecule has 0 saturated heterocycles. The van der Waals surface area contributed by atoms with Crippen LogP contribution in [0.1, 0.15) is 11.7 Å². The molecule has 0 bridgehead atoms. The van der Waals surface area contributed by atoms with Crippen molar-refractivity contribution in [2.75, 3.05) is 28.3 Å². The smallest absolute Gasteiger partial charge is 0.119 e. The van der Waals surface area contributed by atoms with Gasteiger partial charge in [0.2, 0.25) is 0 Å². The molecule has 3 heteroatoms. The van der Waals surface area contributed by atoms with Gasteiger partial charge in [-0.25, -0.2) is 0 Å². The third kappa shape index (κ3) is 2.47. The second-order valence-electron chi connectivity index (χ2n) is 4.63.